The molecule has 72 valence electrons. The lowest BCUT2D eigenvalue weighted by Gasteiger charge is -2.03. The van der Waals surface area contributed by atoms with Gasteiger partial charge in [0, 0.05) is 5.56 Å². The van der Waals surface area contributed by atoms with E-state index in [1.807, 2.05) is 25.1 Å². The molecule has 1 aromatic carbocycles. The molecule has 0 saturated heterocycles. The summed E-state index contributed by atoms with van der Waals surface area (Å²) < 4.78 is 5.53. The lowest BCUT2D eigenvalue weighted by Crippen LogP contribution is -2.17. The molecule has 0 radical (unpaired) electrons. The van der Waals surface area contributed by atoms with Gasteiger partial charge < -0.3 is 4.42 Å². The van der Waals surface area contributed by atoms with E-state index < -0.39 is 0 Å². The maximum atomic E-state index is 11.9. The second-order valence-electron chi connectivity index (χ2n) is 3.12. The van der Waals surface area contributed by atoms with E-state index in [0.29, 0.717) is 22.9 Å². The predicted octanol–water partition coefficient (Wildman–Crippen LogP) is 1.86. The molecule has 1 atom stereocenters. The van der Waals surface area contributed by atoms with Crippen LogP contribution in [0.1, 0.15) is 12.5 Å². The van der Waals surface area contributed by atoms with Crippen LogP contribution in [0.3, 0.4) is 0 Å². The van der Waals surface area contributed by atoms with Crippen LogP contribution >= 0.6 is 9.24 Å². The average molecular weight is 206 g/mol. The standard InChI is InChI=1S/C11H11O2P/c1-2-7-10(12)8-5-3-4-6-9(8)13-11(7)14/h3-6H,2,14H2,1H3. The summed E-state index contributed by atoms with van der Waals surface area (Å²) in [6.07, 6.45) is 0.700. The minimum Gasteiger partial charge on any atom is -0.457 e. The van der Waals surface area contributed by atoms with E-state index >= 15 is 0 Å². The molecule has 0 aliphatic heterocycles. The summed E-state index contributed by atoms with van der Waals surface area (Å²) >= 11 is 0. The molecule has 2 rings (SSSR count). The molecule has 0 fully saturated rings. The van der Waals surface area contributed by atoms with E-state index in [1.54, 1.807) is 6.07 Å². The number of hydrogen-bond donors (Lipinski definition) is 0. The molecular formula is C11H11O2P. The van der Waals surface area contributed by atoms with Crippen molar-refractivity contribution in [1.29, 1.82) is 0 Å². The largest absolute Gasteiger partial charge is 0.457 e. The molecule has 1 aromatic heterocycles. The fraction of sp³-hybridized carbons (Fsp3) is 0.182. The Morgan fingerprint density at radius 1 is 1.36 bits per heavy atom. The molecule has 0 aliphatic rings. The van der Waals surface area contributed by atoms with E-state index in [2.05, 4.69) is 9.24 Å². The Morgan fingerprint density at radius 3 is 2.79 bits per heavy atom. The molecule has 1 unspecified atom stereocenters. The van der Waals surface area contributed by atoms with Crippen LogP contribution in [0.2, 0.25) is 0 Å². The molecule has 2 aromatic rings. The van der Waals surface area contributed by atoms with Crippen LogP contribution in [0.25, 0.3) is 11.0 Å². The quantitative estimate of drug-likeness (QED) is 0.666. The molecule has 3 heteroatoms. The number of benzene rings is 1. The van der Waals surface area contributed by atoms with Crippen LogP contribution in [-0.2, 0) is 6.42 Å². The highest BCUT2D eigenvalue weighted by Crippen LogP contribution is 2.10. The first-order valence-corrected chi connectivity index (χ1v) is 5.12. The molecule has 0 aliphatic carbocycles. The van der Waals surface area contributed by atoms with E-state index in [4.69, 9.17) is 4.42 Å². The average Bonchev–Trinajstić information content (AvgIpc) is 2.18. The predicted molar refractivity (Wildman–Crippen MR) is 61.2 cm³/mol. The van der Waals surface area contributed by atoms with Crippen molar-refractivity contribution in [3.63, 3.8) is 0 Å². The lowest BCUT2D eigenvalue weighted by atomic mass is 10.1. The van der Waals surface area contributed by atoms with Crippen molar-refractivity contribution < 1.29 is 4.42 Å². The van der Waals surface area contributed by atoms with Gasteiger partial charge in [0.2, 0.25) is 0 Å². The molecule has 0 bridgehead atoms. The number of fused-ring (bicyclic) bond motifs is 1. The normalized spacial score (nSPS) is 10.7. The van der Waals surface area contributed by atoms with Crippen molar-refractivity contribution >= 4 is 25.7 Å². The van der Waals surface area contributed by atoms with Gasteiger partial charge in [-0.2, -0.15) is 0 Å². The zero-order valence-electron chi connectivity index (χ0n) is 7.91. The number of hydrogen-bond acceptors (Lipinski definition) is 2. The minimum absolute atomic E-state index is 0.0827. The van der Waals surface area contributed by atoms with Crippen molar-refractivity contribution in [1.82, 2.24) is 0 Å². The van der Waals surface area contributed by atoms with Crippen molar-refractivity contribution in [2.24, 2.45) is 0 Å². The maximum Gasteiger partial charge on any atom is 0.196 e. The Morgan fingerprint density at radius 2 is 2.07 bits per heavy atom. The van der Waals surface area contributed by atoms with Crippen LogP contribution < -0.4 is 10.9 Å². The Hall–Kier alpha value is -1.14. The van der Waals surface area contributed by atoms with E-state index in [9.17, 15) is 4.79 Å². The highest BCUT2D eigenvalue weighted by molar-refractivity contribution is 7.26. The molecule has 0 spiro atoms. The maximum absolute atomic E-state index is 11.9. The van der Waals surface area contributed by atoms with Crippen molar-refractivity contribution in [2.75, 3.05) is 0 Å². The number of rotatable bonds is 1. The summed E-state index contributed by atoms with van der Waals surface area (Å²) in [6, 6.07) is 7.32. The van der Waals surface area contributed by atoms with Crippen molar-refractivity contribution in [3.8, 4) is 0 Å². The monoisotopic (exact) mass is 206 g/mol. The van der Waals surface area contributed by atoms with E-state index in [0.717, 1.165) is 5.56 Å². The molecule has 14 heavy (non-hydrogen) atoms. The fourth-order valence-electron chi connectivity index (χ4n) is 1.53. The lowest BCUT2D eigenvalue weighted by molar-refractivity contribution is 0.636. The summed E-state index contributed by atoms with van der Waals surface area (Å²) in [5.74, 6) is 0. The SMILES string of the molecule is CCc1c(P)oc2ccccc2c1=O. The first-order valence-electron chi connectivity index (χ1n) is 4.54. The Kier molecular flexibility index (Phi) is 2.39. The first-order chi connectivity index (χ1) is 6.74. The third-order valence-electron chi connectivity index (χ3n) is 2.28. The third kappa shape index (κ3) is 1.36. The van der Waals surface area contributed by atoms with Gasteiger partial charge in [-0.1, -0.05) is 28.3 Å². The van der Waals surface area contributed by atoms with Gasteiger partial charge in [0.25, 0.3) is 0 Å². The summed E-state index contributed by atoms with van der Waals surface area (Å²) in [5, 5.41) is 0.663. The molecule has 0 saturated carbocycles. The van der Waals surface area contributed by atoms with E-state index in [1.165, 1.54) is 0 Å². The first kappa shape index (κ1) is 9.42. The second-order valence-corrected chi connectivity index (χ2v) is 3.65. The molecular weight excluding hydrogens is 195 g/mol. The summed E-state index contributed by atoms with van der Waals surface area (Å²) in [7, 11) is 2.47. The van der Waals surface area contributed by atoms with Gasteiger partial charge in [0.05, 0.1) is 5.39 Å². The molecule has 0 amide bonds. The van der Waals surface area contributed by atoms with Gasteiger partial charge in [-0.25, -0.2) is 0 Å². The second kappa shape index (κ2) is 3.55. The summed E-state index contributed by atoms with van der Waals surface area (Å²) in [4.78, 5) is 11.9. The number of para-hydroxylation sites is 1. The van der Waals surface area contributed by atoms with Crippen LogP contribution in [0.15, 0.2) is 33.5 Å². The van der Waals surface area contributed by atoms with Gasteiger partial charge in [0.1, 0.15) is 11.1 Å². The van der Waals surface area contributed by atoms with Gasteiger partial charge in [-0.3, -0.25) is 4.79 Å². The highest BCUT2D eigenvalue weighted by Gasteiger charge is 2.08. The zero-order valence-corrected chi connectivity index (χ0v) is 9.07. The van der Waals surface area contributed by atoms with E-state index in [-0.39, 0.29) is 5.43 Å². The van der Waals surface area contributed by atoms with Gasteiger partial charge in [-0.05, 0) is 18.6 Å². The van der Waals surface area contributed by atoms with Crippen LogP contribution in [-0.4, -0.2) is 0 Å². The van der Waals surface area contributed by atoms with Crippen LogP contribution in [0, 0.1) is 0 Å². The third-order valence-corrected chi connectivity index (χ3v) is 2.74. The molecule has 0 N–H and O–H groups in total. The minimum atomic E-state index is 0.0827. The van der Waals surface area contributed by atoms with Crippen molar-refractivity contribution in [3.05, 3.63) is 40.1 Å². The summed E-state index contributed by atoms with van der Waals surface area (Å²) in [6.45, 7) is 1.95. The van der Waals surface area contributed by atoms with Crippen LogP contribution in [0.5, 0.6) is 0 Å². The molecule has 2 nitrogen and oxygen atoms in total. The van der Waals surface area contributed by atoms with Crippen LogP contribution in [0.4, 0.5) is 0 Å². The summed E-state index contributed by atoms with van der Waals surface area (Å²) in [5.41, 5.74) is 2.13. The Balaban J connectivity index is 2.93. The Labute approximate surface area is 84.1 Å². The fourth-order valence-corrected chi connectivity index (χ4v) is 1.99. The Bertz CT molecular complexity index is 528. The van der Waals surface area contributed by atoms with Crippen molar-refractivity contribution in [2.45, 2.75) is 13.3 Å². The van der Waals surface area contributed by atoms with Gasteiger partial charge >= 0.3 is 0 Å². The topological polar surface area (TPSA) is 30.2 Å². The highest BCUT2D eigenvalue weighted by atomic mass is 31.0. The van der Waals surface area contributed by atoms with Gasteiger partial charge in [-0.15, -0.1) is 0 Å². The van der Waals surface area contributed by atoms with Gasteiger partial charge in [0.15, 0.2) is 5.43 Å². The zero-order chi connectivity index (χ0) is 10.1. The smallest absolute Gasteiger partial charge is 0.196 e. The molecule has 1 heterocycles.